The Hall–Kier alpha value is -1.88. The van der Waals surface area contributed by atoms with Crippen molar-refractivity contribution in [1.82, 2.24) is 4.57 Å². The predicted molar refractivity (Wildman–Crippen MR) is 65.5 cm³/mol. The summed E-state index contributed by atoms with van der Waals surface area (Å²) in [6, 6.07) is 2.94. The monoisotopic (exact) mass is 251 g/mol. The molecular weight excluding hydrogens is 237 g/mol. The first-order valence-corrected chi connectivity index (χ1v) is 5.56. The van der Waals surface area contributed by atoms with Crippen molar-refractivity contribution >= 4 is 16.9 Å². The average molecular weight is 251 g/mol. The van der Waals surface area contributed by atoms with Gasteiger partial charge in [0.1, 0.15) is 5.82 Å². The first-order chi connectivity index (χ1) is 8.56. The Labute approximate surface area is 104 Å². The zero-order valence-corrected chi connectivity index (χ0v) is 10.2. The molecule has 0 fully saturated rings. The molecule has 4 nitrogen and oxygen atoms in total. The third-order valence-electron chi connectivity index (χ3n) is 2.94. The summed E-state index contributed by atoms with van der Waals surface area (Å²) in [7, 11) is 1.57. The SMILES string of the molecule is COCCn1cc(C(=O)O)c2c(F)ccc(C)c21. The highest BCUT2D eigenvalue weighted by molar-refractivity contribution is 6.04. The van der Waals surface area contributed by atoms with Crippen molar-refractivity contribution in [3.8, 4) is 0 Å². The molecule has 0 spiro atoms. The van der Waals surface area contributed by atoms with Gasteiger partial charge in [0.2, 0.25) is 0 Å². The normalized spacial score (nSPS) is 11.1. The van der Waals surface area contributed by atoms with Crippen molar-refractivity contribution in [3.05, 3.63) is 35.3 Å². The molecule has 18 heavy (non-hydrogen) atoms. The molecule has 96 valence electrons. The van der Waals surface area contributed by atoms with E-state index in [2.05, 4.69) is 0 Å². The van der Waals surface area contributed by atoms with Crippen LogP contribution in [0.15, 0.2) is 18.3 Å². The van der Waals surface area contributed by atoms with Crippen molar-refractivity contribution in [2.45, 2.75) is 13.5 Å². The number of benzene rings is 1. The van der Waals surface area contributed by atoms with Crippen LogP contribution in [0, 0.1) is 12.7 Å². The largest absolute Gasteiger partial charge is 0.478 e. The summed E-state index contributed by atoms with van der Waals surface area (Å²) in [5.74, 6) is -1.63. The second-order valence-electron chi connectivity index (χ2n) is 4.12. The van der Waals surface area contributed by atoms with Crippen LogP contribution in [0.25, 0.3) is 10.9 Å². The Morgan fingerprint density at radius 3 is 2.83 bits per heavy atom. The smallest absolute Gasteiger partial charge is 0.337 e. The molecule has 0 saturated carbocycles. The number of rotatable bonds is 4. The fourth-order valence-corrected chi connectivity index (χ4v) is 2.11. The van der Waals surface area contributed by atoms with E-state index >= 15 is 0 Å². The highest BCUT2D eigenvalue weighted by Crippen LogP contribution is 2.27. The van der Waals surface area contributed by atoms with Gasteiger partial charge in [-0.15, -0.1) is 0 Å². The zero-order chi connectivity index (χ0) is 13.3. The number of carboxylic acid groups (broad SMARTS) is 1. The lowest BCUT2D eigenvalue weighted by molar-refractivity contribution is 0.0698. The molecule has 1 heterocycles. The third kappa shape index (κ3) is 1.97. The summed E-state index contributed by atoms with van der Waals surface area (Å²) < 4.78 is 20.5. The summed E-state index contributed by atoms with van der Waals surface area (Å²) in [6.07, 6.45) is 1.46. The molecule has 0 unspecified atom stereocenters. The Balaban J connectivity index is 2.72. The molecule has 0 aliphatic carbocycles. The number of fused-ring (bicyclic) bond motifs is 1. The molecule has 1 aromatic carbocycles. The summed E-state index contributed by atoms with van der Waals surface area (Å²) in [5.41, 5.74) is 1.45. The van der Waals surface area contributed by atoms with Gasteiger partial charge in [-0.05, 0) is 18.6 Å². The maximum absolute atomic E-state index is 13.8. The fraction of sp³-hybridized carbons (Fsp3) is 0.308. The van der Waals surface area contributed by atoms with E-state index in [1.54, 1.807) is 17.7 Å². The molecule has 0 aliphatic heterocycles. The molecule has 0 amide bonds. The van der Waals surface area contributed by atoms with Crippen LogP contribution in [0.5, 0.6) is 0 Å². The highest BCUT2D eigenvalue weighted by atomic mass is 19.1. The molecule has 1 N–H and O–H groups in total. The number of methoxy groups -OCH3 is 1. The van der Waals surface area contributed by atoms with E-state index in [-0.39, 0.29) is 10.9 Å². The van der Waals surface area contributed by atoms with Crippen LogP contribution in [0.3, 0.4) is 0 Å². The number of carboxylic acids is 1. The maximum atomic E-state index is 13.8. The lowest BCUT2D eigenvalue weighted by Gasteiger charge is -2.06. The van der Waals surface area contributed by atoms with E-state index < -0.39 is 11.8 Å². The number of aryl methyl sites for hydroxylation is 1. The minimum absolute atomic E-state index is 0.0118. The minimum Gasteiger partial charge on any atom is -0.478 e. The van der Waals surface area contributed by atoms with Crippen LogP contribution in [-0.2, 0) is 11.3 Å². The van der Waals surface area contributed by atoms with Gasteiger partial charge in [0.05, 0.1) is 23.1 Å². The highest BCUT2D eigenvalue weighted by Gasteiger charge is 2.18. The first-order valence-electron chi connectivity index (χ1n) is 5.56. The Morgan fingerprint density at radius 1 is 1.50 bits per heavy atom. The zero-order valence-electron chi connectivity index (χ0n) is 10.2. The fourth-order valence-electron chi connectivity index (χ4n) is 2.11. The predicted octanol–water partition coefficient (Wildman–Crippen LogP) is 2.43. The van der Waals surface area contributed by atoms with Crippen LogP contribution in [0.4, 0.5) is 4.39 Å². The Morgan fingerprint density at radius 2 is 2.22 bits per heavy atom. The number of aromatic carboxylic acids is 1. The van der Waals surface area contributed by atoms with Crippen molar-refractivity contribution < 1.29 is 19.0 Å². The lowest BCUT2D eigenvalue weighted by Crippen LogP contribution is -2.03. The average Bonchev–Trinajstić information content (AvgIpc) is 2.72. The summed E-state index contributed by atoms with van der Waals surface area (Å²) in [5, 5.41) is 9.29. The van der Waals surface area contributed by atoms with Crippen LogP contribution < -0.4 is 0 Å². The second-order valence-corrected chi connectivity index (χ2v) is 4.12. The van der Waals surface area contributed by atoms with E-state index in [1.807, 2.05) is 6.92 Å². The van der Waals surface area contributed by atoms with Gasteiger partial charge in [-0.3, -0.25) is 0 Å². The number of ether oxygens (including phenoxy) is 1. The quantitative estimate of drug-likeness (QED) is 0.908. The number of hydrogen-bond acceptors (Lipinski definition) is 2. The summed E-state index contributed by atoms with van der Waals surface area (Å²) in [6.45, 7) is 2.76. The molecule has 0 radical (unpaired) electrons. The van der Waals surface area contributed by atoms with Gasteiger partial charge in [-0.25, -0.2) is 9.18 Å². The standard InChI is InChI=1S/C13H14FNO3/c1-8-3-4-10(14)11-9(13(16)17)7-15(12(8)11)5-6-18-2/h3-4,7H,5-6H2,1-2H3,(H,16,17). The second kappa shape index (κ2) is 4.78. The van der Waals surface area contributed by atoms with Crippen molar-refractivity contribution in [2.24, 2.45) is 0 Å². The van der Waals surface area contributed by atoms with Gasteiger partial charge in [0.15, 0.2) is 0 Å². The number of hydrogen-bond donors (Lipinski definition) is 1. The molecule has 0 bridgehead atoms. The van der Waals surface area contributed by atoms with Crippen LogP contribution in [-0.4, -0.2) is 29.4 Å². The lowest BCUT2D eigenvalue weighted by atomic mass is 10.1. The van der Waals surface area contributed by atoms with Crippen LogP contribution >= 0.6 is 0 Å². The van der Waals surface area contributed by atoms with Gasteiger partial charge in [0, 0.05) is 19.9 Å². The van der Waals surface area contributed by atoms with E-state index in [9.17, 15) is 9.18 Å². The number of carbonyl (C=O) groups is 1. The van der Waals surface area contributed by atoms with E-state index in [0.29, 0.717) is 18.7 Å². The third-order valence-corrected chi connectivity index (χ3v) is 2.94. The summed E-state index contributed by atoms with van der Waals surface area (Å²) >= 11 is 0. The molecule has 1 aromatic heterocycles. The topological polar surface area (TPSA) is 51.5 Å². The summed E-state index contributed by atoms with van der Waals surface area (Å²) in [4.78, 5) is 11.2. The number of nitrogens with zero attached hydrogens (tertiary/aromatic N) is 1. The van der Waals surface area contributed by atoms with Crippen LogP contribution in [0.1, 0.15) is 15.9 Å². The van der Waals surface area contributed by atoms with Crippen LogP contribution in [0.2, 0.25) is 0 Å². The minimum atomic E-state index is -1.12. The number of aromatic nitrogens is 1. The molecule has 0 aliphatic rings. The van der Waals surface area contributed by atoms with Gasteiger partial charge in [0.25, 0.3) is 0 Å². The first kappa shape index (κ1) is 12.6. The van der Waals surface area contributed by atoms with E-state index in [0.717, 1.165) is 5.56 Å². The van der Waals surface area contributed by atoms with E-state index in [1.165, 1.54) is 12.3 Å². The number of halogens is 1. The molecule has 0 saturated heterocycles. The molecule has 5 heteroatoms. The van der Waals surface area contributed by atoms with Crippen molar-refractivity contribution in [2.75, 3.05) is 13.7 Å². The van der Waals surface area contributed by atoms with E-state index in [4.69, 9.17) is 9.84 Å². The Bertz CT molecular complexity index is 604. The molecule has 2 rings (SSSR count). The maximum Gasteiger partial charge on any atom is 0.337 e. The van der Waals surface area contributed by atoms with Gasteiger partial charge >= 0.3 is 5.97 Å². The van der Waals surface area contributed by atoms with Gasteiger partial charge in [-0.1, -0.05) is 6.07 Å². The van der Waals surface area contributed by atoms with Crippen molar-refractivity contribution in [1.29, 1.82) is 0 Å². The van der Waals surface area contributed by atoms with Gasteiger partial charge < -0.3 is 14.4 Å². The van der Waals surface area contributed by atoms with Crippen molar-refractivity contribution in [3.63, 3.8) is 0 Å². The molecular formula is C13H14FNO3. The Kier molecular flexibility index (Phi) is 3.34. The molecule has 0 atom stereocenters. The van der Waals surface area contributed by atoms with Gasteiger partial charge in [-0.2, -0.15) is 0 Å². The molecule has 2 aromatic rings.